The van der Waals surface area contributed by atoms with Gasteiger partial charge < -0.3 is 9.64 Å². The smallest absolute Gasteiger partial charge is 0.263 e. The van der Waals surface area contributed by atoms with Gasteiger partial charge in [0.1, 0.15) is 16.7 Å². The topological polar surface area (TPSA) is 58.6 Å². The van der Waals surface area contributed by atoms with Crippen LogP contribution >= 0.6 is 34.8 Å². The van der Waals surface area contributed by atoms with Gasteiger partial charge in [-0.05, 0) is 50.2 Å². The minimum atomic E-state index is -3.90. The lowest BCUT2D eigenvalue weighted by Gasteiger charge is -2.17. The van der Waals surface area contributed by atoms with E-state index in [-0.39, 0.29) is 16.0 Å². The molecule has 0 aliphatic carbocycles. The minimum Gasteiger partial charge on any atom is -0.487 e. The van der Waals surface area contributed by atoms with E-state index in [1.807, 2.05) is 7.05 Å². The van der Waals surface area contributed by atoms with Crippen LogP contribution in [0.5, 0.6) is 5.75 Å². The van der Waals surface area contributed by atoms with Gasteiger partial charge in [-0.25, -0.2) is 8.42 Å². The number of nitrogens with zero attached hydrogens (tertiary/aromatic N) is 1. The predicted molar refractivity (Wildman–Crippen MR) is 110 cm³/mol. The van der Waals surface area contributed by atoms with Gasteiger partial charge in [0.25, 0.3) is 10.0 Å². The molecule has 0 amide bonds. The highest BCUT2D eigenvalue weighted by atomic mass is 35.5. The second-order valence-corrected chi connectivity index (χ2v) is 9.45. The van der Waals surface area contributed by atoms with Crippen molar-refractivity contribution >= 4 is 50.5 Å². The average molecular weight is 450 g/mol. The molecule has 0 saturated carbocycles. The Balaban J connectivity index is 1.86. The van der Waals surface area contributed by atoms with E-state index in [4.69, 9.17) is 39.5 Å². The van der Waals surface area contributed by atoms with Crippen LogP contribution in [0.15, 0.2) is 35.2 Å². The highest BCUT2D eigenvalue weighted by Gasteiger charge is 2.24. The predicted octanol–water partition coefficient (Wildman–Crippen LogP) is 4.84. The van der Waals surface area contributed by atoms with Crippen molar-refractivity contribution in [2.75, 3.05) is 24.9 Å². The van der Waals surface area contributed by atoms with Crippen molar-refractivity contribution in [3.05, 3.63) is 51.0 Å². The number of likely N-dealkylation sites (tertiary alicyclic amines) is 1. The Bertz CT molecular complexity index is 943. The maximum Gasteiger partial charge on any atom is 0.263 e. The molecular formula is C18H19Cl3N2O3S. The zero-order valence-corrected chi connectivity index (χ0v) is 17.9. The Morgan fingerprint density at radius 3 is 2.52 bits per heavy atom. The van der Waals surface area contributed by atoms with E-state index in [0.717, 1.165) is 19.5 Å². The normalized spacial score (nSPS) is 17.9. The fraction of sp³-hybridized carbons (Fsp3) is 0.333. The molecule has 1 aliphatic rings. The maximum atomic E-state index is 12.8. The molecule has 27 heavy (non-hydrogen) atoms. The molecule has 9 heteroatoms. The second kappa shape index (κ2) is 8.05. The molecule has 1 heterocycles. The van der Waals surface area contributed by atoms with Gasteiger partial charge in [0, 0.05) is 24.2 Å². The zero-order valence-electron chi connectivity index (χ0n) is 14.8. The first-order valence-electron chi connectivity index (χ1n) is 8.29. The van der Waals surface area contributed by atoms with Crippen LogP contribution in [0, 0.1) is 6.92 Å². The highest BCUT2D eigenvalue weighted by Crippen LogP contribution is 2.33. The lowest BCUT2D eigenvalue weighted by Crippen LogP contribution is -2.21. The summed E-state index contributed by atoms with van der Waals surface area (Å²) in [5.41, 5.74) is 0.797. The SMILES string of the molecule is Cc1cc(Cl)cc(Cl)c1S(=O)(=O)Nc1ccc(Cl)c(OC2CCN(C)C2)c1. The average Bonchev–Trinajstić information content (AvgIpc) is 2.94. The largest absolute Gasteiger partial charge is 0.487 e. The molecule has 1 saturated heterocycles. The second-order valence-electron chi connectivity index (χ2n) is 6.58. The summed E-state index contributed by atoms with van der Waals surface area (Å²) >= 11 is 18.3. The van der Waals surface area contributed by atoms with Gasteiger partial charge in [-0.1, -0.05) is 34.8 Å². The third kappa shape index (κ3) is 4.81. The molecular weight excluding hydrogens is 431 g/mol. The number of halogens is 3. The van der Waals surface area contributed by atoms with E-state index in [9.17, 15) is 8.42 Å². The lowest BCUT2D eigenvalue weighted by molar-refractivity contribution is 0.208. The molecule has 1 aliphatic heterocycles. The van der Waals surface area contributed by atoms with Gasteiger partial charge >= 0.3 is 0 Å². The van der Waals surface area contributed by atoms with Crippen LogP contribution in [0.25, 0.3) is 0 Å². The number of rotatable bonds is 5. The van der Waals surface area contributed by atoms with E-state index in [0.29, 0.717) is 27.0 Å². The van der Waals surface area contributed by atoms with Crippen LogP contribution in [0.4, 0.5) is 5.69 Å². The number of ether oxygens (including phenoxy) is 1. The number of nitrogens with one attached hydrogen (secondary N) is 1. The molecule has 2 aromatic carbocycles. The Kier molecular flexibility index (Phi) is 6.13. The fourth-order valence-electron chi connectivity index (χ4n) is 3.06. The molecule has 1 unspecified atom stereocenters. The lowest BCUT2D eigenvalue weighted by atomic mass is 10.2. The molecule has 146 valence electrons. The Hall–Kier alpha value is -1.18. The van der Waals surface area contributed by atoms with Crippen molar-refractivity contribution in [1.82, 2.24) is 4.90 Å². The van der Waals surface area contributed by atoms with Crippen molar-refractivity contribution < 1.29 is 13.2 Å². The minimum absolute atomic E-state index is 0.0107. The van der Waals surface area contributed by atoms with E-state index in [1.165, 1.54) is 6.07 Å². The third-order valence-corrected chi connectivity index (χ3v) is 6.81. The molecule has 5 nitrogen and oxygen atoms in total. The van der Waals surface area contributed by atoms with E-state index in [2.05, 4.69) is 9.62 Å². The number of hydrogen-bond donors (Lipinski definition) is 1. The molecule has 1 fully saturated rings. The Labute approximate surface area is 174 Å². The molecule has 0 aromatic heterocycles. The summed E-state index contributed by atoms with van der Waals surface area (Å²) in [5, 5.41) is 0.861. The third-order valence-electron chi connectivity index (χ3n) is 4.29. The van der Waals surface area contributed by atoms with Gasteiger partial charge in [0.15, 0.2) is 0 Å². The van der Waals surface area contributed by atoms with Crippen molar-refractivity contribution in [1.29, 1.82) is 0 Å². The van der Waals surface area contributed by atoms with Crippen LogP contribution in [0.2, 0.25) is 15.1 Å². The summed E-state index contributed by atoms with van der Waals surface area (Å²) in [6, 6.07) is 7.71. The monoisotopic (exact) mass is 448 g/mol. The summed E-state index contributed by atoms with van der Waals surface area (Å²) in [5.74, 6) is 0.441. The standard InChI is InChI=1S/C18H19Cl3N2O3S/c1-11-7-12(19)8-16(21)18(11)27(24,25)22-13-3-4-15(20)17(9-13)26-14-5-6-23(2)10-14/h3-4,7-9,14,22H,5-6,10H2,1-2H3. The van der Waals surface area contributed by atoms with Crippen LogP contribution in [-0.4, -0.2) is 39.6 Å². The Morgan fingerprint density at radius 2 is 1.89 bits per heavy atom. The quantitative estimate of drug-likeness (QED) is 0.709. The van der Waals surface area contributed by atoms with Crippen molar-refractivity contribution in [3.63, 3.8) is 0 Å². The molecule has 2 aromatic rings. The van der Waals surface area contributed by atoms with Crippen LogP contribution in [0.1, 0.15) is 12.0 Å². The summed E-state index contributed by atoms with van der Waals surface area (Å²) in [6.45, 7) is 3.38. The molecule has 1 N–H and O–H groups in total. The highest BCUT2D eigenvalue weighted by molar-refractivity contribution is 7.92. The number of hydrogen-bond acceptors (Lipinski definition) is 4. The van der Waals surface area contributed by atoms with E-state index in [1.54, 1.807) is 31.2 Å². The summed E-state index contributed by atoms with van der Waals surface area (Å²) in [6.07, 6.45) is 0.912. The van der Waals surface area contributed by atoms with Crippen molar-refractivity contribution in [2.24, 2.45) is 0 Å². The molecule has 0 radical (unpaired) electrons. The molecule has 0 spiro atoms. The number of sulfonamides is 1. The number of anilines is 1. The summed E-state index contributed by atoms with van der Waals surface area (Å²) < 4.78 is 34.1. The molecule has 0 bridgehead atoms. The number of aryl methyl sites for hydroxylation is 1. The first kappa shape index (κ1) is 20.6. The van der Waals surface area contributed by atoms with Gasteiger partial charge in [-0.15, -0.1) is 0 Å². The summed E-state index contributed by atoms with van der Waals surface area (Å²) in [4.78, 5) is 2.15. The van der Waals surface area contributed by atoms with E-state index >= 15 is 0 Å². The zero-order chi connectivity index (χ0) is 19.8. The maximum absolute atomic E-state index is 12.8. The number of benzene rings is 2. The number of likely N-dealkylation sites (N-methyl/N-ethyl adjacent to an activating group) is 1. The van der Waals surface area contributed by atoms with Crippen LogP contribution < -0.4 is 9.46 Å². The van der Waals surface area contributed by atoms with Crippen molar-refractivity contribution in [2.45, 2.75) is 24.3 Å². The van der Waals surface area contributed by atoms with Crippen LogP contribution in [-0.2, 0) is 10.0 Å². The first-order chi connectivity index (χ1) is 12.7. The van der Waals surface area contributed by atoms with Gasteiger partial charge in [-0.2, -0.15) is 0 Å². The molecule has 3 rings (SSSR count). The fourth-order valence-corrected chi connectivity index (χ4v) is 5.46. The summed E-state index contributed by atoms with van der Waals surface area (Å²) in [7, 11) is -1.88. The van der Waals surface area contributed by atoms with Gasteiger partial charge in [-0.3, -0.25) is 4.72 Å². The van der Waals surface area contributed by atoms with Gasteiger partial charge in [0.05, 0.1) is 15.7 Å². The van der Waals surface area contributed by atoms with Gasteiger partial charge in [0.2, 0.25) is 0 Å². The first-order valence-corrected chi connectivity index (χ1v) is 10.9. The Morgan fingerprint density at radius 1 is 1.15 bits per heavy atom. The molecule has 1 atom stereocenters. The van der Waals surface area contributed by atoms with Crippen LogP contribution in [0.3, 0.4) is 0 Å². The van der Waals surface area contributed by atoms with Crippen molar-refractivity contribution in [3.8, 4) is 5.75 Å². The van der Waals surface area contributed by atoms with E-state index < -0.39 is 10.0 Å².